The van der Waals surface area contributed by atoms with Gasteiger partial charge in [-0.2, -0.15) is 5.10 Å². The van der Waals surface area contributed by atoms with Crippen molar-refractivity contribution in [2.45, 2.75) is 19.8 Å². The van der Waals surface area contributed by atoms with Crippen LogP contribution in [0.25, 0.3) is 28.5 Å². The number of para-hydroxylation sites is 1. The van der Waals surface area contributed by atoms with Crippen molar-refractivity contribution in [2.75, 3.05) is 6.54 Å². The summed E-state index contributed by atoms with van der Waals surface area (Å²) in [5.74, 6) is 6.63. The number of carbonyl (C=O) groups is 1. The number of benzene rings is 2. The molecule has 0 aliphatic carbocycles. The van der Waals surface area contributed by atoms with E-state index in [4.69, 9.17) is 9.84 Å². The Morgan fingerprint density at radius 3 is 2.67 bits per heavy atom. The highest BCUT2D eigenvalue weighted by atomic mass is 16.5. The summed E-state index contributed by atoms with van der Waals surface area (Å²) < 4.78 is 7.62. The Balaban J connectivity index is 1.49. The fraction of sp³-hybridized carbons (Fsp3) is 0.154. The summed E-state index contributed by atoms with van der Waals surface area (Å²) in [4.78, 5) is 22.7. The van der Waals surface area contributed by atoms with E-state index < -0.39 is 0 Å². The van der Waals surface area contributed by atoms with Crippen molar-refractivity contribution in [1.29, 1.82) is 0 Å². The molecule has 1 aliphatic heterocycles. The lowest BCUT2D eigenvalue weighted by Gasteiger charge is -2.14. The fourth-order valence-electron chi connectivity index (χ4n) is 3.87. The first kappa shape index (κ1) is 20.5. The Morgan fingerprint density at radius 2 is 1.88 bits per heavy atom. The second-order valence-electron chi connectivity index (χ2n) is 7.55. The number of nitrogens with zero attached hydrogens (tertiary/aromatic N) is 5. The zero-order chi connectivity index (χ0) is 22.6. The van der Waals surface area contributed by atoms with Crippen LogP contribution in [0.2, 0.25) is 0 Å². The maximum Gasteiger partial charge on any atom is 0.302 e. The highest BCUT2D eigenvalue weighted by Gasteiger charge is 2.23. The van der Waals surface area contributed by atoms with Crippen LogP contribution in [0.5, 0.6) is 11.5 Å². The third-order valence-electron chi connectivity index (χ3n) is 5.39. The van der Waals surface area contributed by atoms with E-state index in [9.17, 15) is 4.79 Å². The van der Waals surface area contributed by atoms with Crippen molar-refractivity contribution in [3.63, 3.8) is 0 Å². The SMILES string of the molecule is CC#CC(=O)N1CCC/C1=C\n1nc(-c2ccc(Oc3ccccc3)cc2)c2cncnc21. The average Bonchev–Trinajstić information content (AvgIpc) is 3.46. The number of rotatable bonds is 4. The molecule has 2 aromatic heterocycles. The molecule has 162 valence electrons. The largest absolute Gasteiger partial charge is 0.457 e. The third kappa shape index (κ3) is 4.19. The van der Waals surface area contributed by atoms with Crippen molar-refractivity contribution < 1.29 is 9.53 Å². The summed E-state index contributed by atoms with van der Waals surface area (Å²) in [6.45, 7) is 2.32. The molecule has 4 aromatic rings. The highest BCUT2D eigenvalue weighted by molar-refractivity contribution is 5.95. The molecule has 7 heteroatoms. The van der Waals surface area contributed by atoms with Crippen LogP contribution in [0.15, 0.2) is 72.8 Å². The van der Waals surface area contributed by atoms with Gasteiger partial charge in [0.2, 0.25) is 0 Å². The number of ether oxygens (including phenoxy) is 1. The summed E-state index contributed by atoms with van der Waals surface area (Å²) in [6.07, 6.45) is 6.80. The molecule has 3 heterocycles. The van der Waals surface area contributed by atoms with E-state index in [-0.39, 0.29) is 5.91 Å². The maximum atomic E-state index is 12.3. The first-order chi connectivity index (χ1) is 16.2. The number of aromatic nitrogens is 4. The Hall–Kier alpha value is -4.44. The number of fused-ring (bicyclic) bond motifs is 1. The minimum absolute atomic E-state index is 0.193. The number of carbonyl (C=O) groups excluding carboxylic acids is 1. The zero-order valence-corrected chi connectivity index (χ0v) is 18.1. The predicted molar refractivity (Wildman–Crippen MR) is 126 cm³/mol. The van der Waals surface area contributed by atoms with Crippen LogP contribution in [0.1, 0.15) is 19.8 Å². The molecule has 0 saturated carbocycles. The minimum atomic E-state index is -0.193. The fourth-order valence-corrected chi connectivity index (χ4v) is 3.87. The van der Waals surface area contributed by atoms with Gasteiger partial charge in [0.15, 0.2) is 5.65 Å². The summed E-state index contributed by atoms with van der Waals surface area (Å²) in [5, 5.41) is 5.63. The molecule has 5 rings (SSSR count). The predicted octanol–water partition coefficient (Wildman–Crippen LogP) is 4.73. The normalized spacial score (nSPS) is 14.3. The Labute approximate surface area is 191 Å². The molecule has 33 heavy (non-hydrogen) atoms. The lowest BCUT2D eigenvalue weighted by molar-refractivity contribution is -0.122. The van der Waals surface area contributed by atoms with Crippen LogP contribution < -0.4 is 4.74 Å². The third-order valence-corrected chi connectivity index (χ3v) is 5.39. The topological polar surface area (TPSA) is 73.1 Å². The quantitative estimate of drug-likeness (QED) is 0.433. The molecule has 1 saturated heterocycles. The van der Waals surface area contributed by atoms with Crippen molar-refractivity contribution >= 4 is 23.1 Å². The minimum Gasteiger partial charge on any atom is -0.457 e. The highest BCUT2D eigenvalue weighted by Crippen LogP contribution is 2.30. The summed E-state index contributed by atoms with van der Waals surface area (Å²) in [7, 11) is 0. The number of allylic oxidation sites excluding steroid dienone is 1. The molecule has 1 fully saturated rings. The molecule has 2 aromatic carbocycles. The first-order valence-electron chi connectivity index (χ1n) is 10.7. The van der Waals surface area contributed by atoms with E-state index in [1.54, 1.807) is 22.7 Å². The monoisotopic (exact) mass is 435 g/mol. The van der Waals surface area contributed by atoms with Crippen molar-refractivity contribution in [1.82, 2.24) is 24.6 Å². The molecular weight excluding hydrogens is 414 g/mol. The smallest absolute Gasteiger partial charge is 0.302 e. The molecule has 0 spiro atoms. The van der Waals surface area contributed by atoms with Gasteiger partial charge in [-0.1, -0.05) is 24.1 Å². The van der Waals surface area contributed by atoms with E-state index in [1.807, 2.05) is 60.8 Å². The Kier molecular flexibility index (Phi) is 5.56. The lowest BCUT2D eigenvalue weighted by atomic mass is 10.1. The van der Waals surface area contributed by atoms with Crippen molar-refractivity contribution in [3.05, 3.63) is 72.8 Å². The summed E-state index contributed by atoms with van der Waals surface area (Å²) in [5.41, 5.74) is 3.24. The van der Waals surface area contributed by atoms with Crippen LogP contribution in [0.4, 0.5) is 0 Å². The van der Waals surface area contributed by atoms with Gasteiger partial charge in [-0.3, -0.25) is 4.79 Å². The lowest BCUT2D eigenvalue weighted by Crippen LogP contribution is -2.25. The van der Waals surface area contributed by atoms with Gasteiger partial charge in [-0.25, -0.2) is 14.6 Å². The average molecular weight is 435 g/mol. The van der Waals surface area contributed by atoms with Crippen molar-refractivity contribution in [3.8, 4) is 34.6 Å². The number of amides is 1. The Morgan fingerprint density at radius 1 is 1.09 bits per heavy atom. The molecule has 0 atom stereocenters. The summed E-state index contributed by atoms with van der Waals surface area (Å²) in [6, 6.07) is 17.4. The summed E-state index contributed by atoms with van der Waals surface area (Å²) >= 11 is 0. The van der Waals surface area contributed by atoms with E-state index in [2.05, 4.69) is 21.8 Å². The first-order valence-corrected chi connectivity index (χ1v) is 10.7. The molecule has 0 radical (unpaired) electrons. The standard InChI is InChI=1S/C26H21N5O2/c1-2-7-24(32)30-15-6-8-20(30)17-31-26-23(16-27-18-28-26)25(29-31)19-11-13-22(14-12-19)33-21-9-4-3-5-10-21/h3-5,9-14,16-18H,6,8,15H2,1H3/b20-17+. The molecular formula is C26H21N5O2. The van der Waals surface area contributed by atoms with Gasteiger partial charge in [0, 0.05) is 24.0 Å². The van der Waals surface area contributed by atoms with Crippen LogP contribution in [-0.4, -0.2) is 37.1 Å². The van der Waals surface area contributed by atoms with Gasteiger partial charge in [-0.05, 0) is 62.1 Å². The second-order valence-corrected chi connectivity index (χ2v) is 7.55. The molecule has 0 N–H and O–H groups in total. The van der Waals surface area contributed by atoms with Gasteiger partial charge in [0.05, 0.1) is 11.6 Å². The van der Waals surface area contributed by atoms with E-state index in [0.717, 1.165) is 46.7 Å². The van der Waals surface area contributed by atoms with Crippen LogP contribution in [0, 0.1) is 11.8 Å². The maximum absolute atomic E-state index is 12.3. The second kappa shape index (κ2) is 8.97. The molecule has 7 nitrogen and oxygen atoms in total. The van der Waals surface area contributed by atoms with E-state index >= 15 is 0 Å². The van der Waals surface area contributed by atoms with E-state index in [1.165, 1.54) is 6.33 Å². The van der Waals surface area contributed by atoms with Gasteiger partial charge in [0.1, 0.15) is 23.5 Å². The van der Waals surface area contributed by atoms with Crippen LogP contribution >= 0.6 is 0 Å². The van der Waals surface area contributed by atoms with Gasteiger partial charge in [-0.15, -0.1) is 0 Å². The molecule has 1 aliphatic rings. The van der Waals surface area contributed by atoms with Crippen LogP contribution in [0.3, 0.4) is 0 Å². The molecule has 0 bridgehead atoms. The zero-order valence-electron chi connectivity index (χ0n) is 18.1. The molecule has 1 amide bonds. The van der Waals surface area contributed by atoms with Crippen LogP contribution in [-0.2, 0) is 4.79 Å². The van der Waals surface area contributed by atoms with Gasteiger partial charge < -0.3 is 9.64 Å². The Bertz CT molecular complexity index is 1400. The van der Waals surface area contributed by atoms with Crippen molar-refractivity contribution in [2.24, 2.45) is 0 Å². The molecule has 0 unspecified atom stereocenters. The van der Waals surface area contributed by atoms with E-state index in [0.29, 0.717) is 12.2 Å². The number of likely N-dealkylation sites (tertiary alicyclic amines) is 1. The number of hydrogen-bond donors (Lipinski definition) is 0. The number of hydrogen-bond acceptors (Lipinski definition) is 5. The van der Waals surface area contributed by atoms with Gasteiger partial charge in [0.25, 0.3) is 0 Å². The van der Waals surface area contributed by atoms with Gasteiger partial charge >= 0.3 is 5.91 Å².